The number of hydrogen-bond acceptors (Lipinski definition) is 4. The van der Waals surface area contributed by atoms with Gasteiger partial charge in [-0.05, 0) is 36.5 Å². The topological polar surface area (TPSA) is 63.8 Å². The van der Waals surface area contributed by atoms with Gasteiger partial charge in [0.15, 0.2) is 4.80 Å². The van der Waals surface area contributed by atoms with Crippen LogP contribution in [0.4, 0.5) is 0 Å². The number of amides is 1. The van der Waals surface area contributed by atoms with E-state index in [0.717, 1.165) is 30.6 Å². The molecule has 5 nitrogen and oxygen atoms in total. The summed E-state index contributed by atoms with van der Waals surface area (Å²) in [5.74, 6) is 0.0283. The molecule has 1 aliphatic carbocycles. The maximum absolute atomic E-state index is 12.9. The van der Waals surface area contributed by atoms with Gasteiger partial charge in [-0.2, -0.15) is 4.99 Å². The minimum Gasteiger partial charge on any atom is -0.496 e. The van der Waals surface area contributed by atoms with Crippen molar-refractivity contribution in [3.05, 3.63) is 44.7 Å². The predicted molar refractivity (Wildman–Crippen MR) is 112 cm³/mol. The number of benzene rings is 1. The van der Waals surface area contributed by atoms with Gasteiger partial charge in [-0.25, -0.2) is 0 Å². The lowest BCUT2D eigenvalue weighted by Crippen LogP contribution is -2.34. The molecule has 1 amide bonds. The minimum atomic E-state index is -0.734. The van der Waals surface area contributed by atoms with Crippen LogP contribution < -0.4 is 9.54 Å². The minimum absolute atomic E-state index is 0.0741. The molecule has 0 aliphatic heterocycles. The summed E-state index contributed by atoms with van der Waals surface area (Å²) in [5.41, 5.74) is -0.483. The number of thiazole rings is 1. The van der Waals surface area contributed by atoms with Crippen molar-refractivity contribution in [1.29, 1.82) is 0 Å². The summed E-state index contributed by atoms with van der Waals surface area (Å²) in [6, 6.07) is 4.91. The maximum atomic E-state index is 12.9. The van der Waals surface area contributed by atoms with Crippen LogP contribution in [0.25, 0.3) is 0 Å². The van der Waals surface area contributed by atoms with Crippen molar-refractivity contribution in [2.75, 3.05) is 7.11 Å². The summed E-state index contributed by atoms with van der Waals surface area (Å²) in [5, 5.41) is 11.3. The zero-order valence-corrected chi connectivity index (χ0v) is 18.4. The van der Waals surface area contributed by atoms with Crippen LogP contribution in [-0.4, -0.2) is 28.3 Å². The van der Waals surface area contributed by atoms with E-state index in [2.05, 4.69) is 25.8 Å². The number of carbonyl (C=O) groups is 1. The van der Waals surface area contributed by atoms with Gasteiger partial charge >= 0.3 is 0 Å². The molecule has 1 aromatic heterocycles. The zero-order valence-electron chi connectivity index (χ0n) is 16.8. The molecule has 0 bridgehead atoms. The van der Waals surface area contributed by atoms with Gasteiger partial charge in [0, 0.05) is 16.1 Å². The van der Waals surface area contributed by atoms with E-state index in [9.17, 15) is 9.90 Å². The van der Waals surface area contributed by atoms with E-state index in [1.165, 1.54) is 18.4 Å². The van der Waals surface area contributed by atoms with Crippen LogP contribution in [0.2, 0.25) is 5.02 Å². The quantitative estimate of drug-likeness (QED) is 0.785. The molecule has 1 fully saturated rings. The highest BCUT2D eigenvalue weighted by Crippen LogP contribution is 2.32. The summed E-state index contributed by atoms with van der Waals surface area (Å²) >= 11 is 7.54. The number of halogens is 1. The average Bonchev–Trinajstić information content (AvgIpc) is 3.21. The van der Waals surface area contributed by atoms with Crippen LogP contribution in [0.3, 0.4) is 0 Å². The van der Waals surface area contributed by atoms with Crippen molar-refractivity contribution in [1.82, 2.24) is 4.57 Å². The number of methoxy groups -OCH3 is 1. The molecular weight excluding hydrogens is 396 g/mol. The van der Waals surface area contributed by atoms with Crippen molar-refractivity contribution in [3.8, 4) is 5.75 Å². The fourth-order valence-electron chi connectivity index (χ4n) is 3.43. The zero-order chi connectivity index (χ0) is 20.5. The Bertz CT molecular complexity index is 934. The molecule has 1 heterocycles. The normalized spacial score (nSPS) is 17.1. The number of carbonyl (C=O) groups excluding carboxylic acids is 1. The third-order valence-corrected chi connectivity index (χ3v) is 6.73. The maximum Gasteiger partial charge on any atom is 0.283 e. The number of aliphatic hydroxyl groups is 1. The Balaban J connectivity index is 2.05. The molecule has 1 saturated carbocycles. The average molecular weight is 423 g/mol. The lowest BCUT2D eigenvalue weighted by atomic mass is 9.95. The van der Waals surface area contributed by atoms with Gasteiger partial charge in [0.05, 0.1) is 24.8 Å². The second kappa shape index (κ2) is 8.01. The molecule has 0 radical (unpaired) electrons. The monoisotopic (exact) mass is 422 g/mol. The largest absolute Gasteiger partial charge is 0.496 e. The number of aromatic nitrogens is 1. The Morgan fingerprint density at radius 1 is 1.36 bits per heavy atom. The molecule has 0 spiro atoms. The van der Waals surface area contributed by atoms with Crippen molar-refractivity contribution >= 4 is 28.8 Å². The molecule has 0 atom stereocenters. The summed E-state index contributed by atoms with van der Waals surface area (Å²) < 4.78 is 7.21. The third-order valence-electron chi connectivity index (χ3n) is 5.05. The van der Waals surface area contributed by atoms with E-state index >= 15 is 0 Å². The van der Waals surface area contributed by atoms with Crippen LogP contribution in [0.5, 0.6) is 5.75 Å². The van der Waals surface area contributed by atoms with E-state index in [-0.39, 0.29) is 5.41 Å². The molecule has 0 unspecified atom stereocenters. The molecule has 1 aliphatic rings. The molecule has 1 aromatic carbocycles. The fraction of sp³-hybridized carbons (Fsp3) is 0.524. The lowest BCUT2D eigenvalue weighted by Gasteiger charge is -2.22. The Morgan fingerprint density at radius 3 is 2.64 bits per heavy atom. The SMILES string of the molecule is COc1ccc(Cl)cc1C(=O)N=c1sc(C(C)(C)C)cn1CC1(O)CCCC1. The second-order valence-corrected chi connectivity index (χ2v) is 9.89. The Hall–Kier alpha value is -1.63. The van der Waals surface area contributed by atoms with Crippen molar-refractivity contribution < 1.29 is 14.6 Å². The molecule has 152 valence electrons. The number of nitrogens with zero attached hydrogens (tertiary/aromatic N) is 2. The van der Waals surface area contributed by atoms with Crippen molar-refractivity contribution in [2.24, 2.45) is 4.99 Å². The Kier molecular flexibility index (Phi) is 6.03. The first-order chi connectivity index (χ1) is 13.1. The van der Waals surface area contributed by atoms with Crippen molar-refractivity contribution in [2.45, 2.75) is 64.0 Å². The molecule has 28 heavy (non-hydrogen) atoms. The van der Waals surface area contributed by atoms with Crippen molar-refractivity contribution in [3.63, 3.8) is 0 Å². The standard InChI is InChI=1S/C21H27ClN2O3S/c1-20(2,3)17-12-24(13-21(26)9-5-6-10-21)19(28-17)23-18(25)15-11-14(22)7-8-16(15)27-4/h7-8,11-12,26H,5-6,9-10,13H2,1-4H3. The predicted octanol–water partition coefficient (Wildman–Crippen LogP) is 4.56. The summed E-state index contributed by atoms with van der Waals surface area (Å²) in [6.45, 7) is 6.82. The first kappa shape index (κ1) is 21.1. The van der Waals surface area contributed by atoms with Crippen LogP contribution in [-0.2, 0) is 12.0 Å². The molecule has 2 aromatic rings. The molecular formula is C21H27ClN2O3S. The highest BCUT2D eigenvalue weighted by Gasteiger charge is 2.32. The van der Waals surface area contributed by atoms with E-state index in [4.69, 9.17) is 16.3 Å². The highest BCUT2D eigenvalue weighted by molar-refractivity contribution is 7.09. The Labute approximate surface area is 174 Å². The van der Waals surface area contributed by atoms with Gasteiger partial charge in [0.25, 0.3) is 5.91 Å². The van der Waals surface area contributed by atoms with Gasteiger partial charge in [0.1, 0.15) is 5.75 Å². The van der Waals surface area contributed by atoms with Crippen LogP contribution in [0, 0.1) is 0 Å². The Morgan fingerprint density at radius 2 is 2.04 bits per heavy atom. The van der Waals surface area contributed by atoms with Gasteiger partial charge < -0.3 is 14.4 Å². The smallest absolute Gasteiger partial charge is 0.283 e. The van der Waals surface area contributed by atoms with Crippen LogP contribution in [0.1, 0.15) is 61.7 Å². The fourth-order valence-corrected chi connectivity index (χ4v) is 4.65. The third kappa shape index (κ3) is 4.67. The lowest BCUT2D eigenvalue weighted by molar-refractivity contribution is 0.0290. The summed E-state index contributed by atoms with van der Waals surface area (Å²) in [6.07, 6.45) is 5.62. The summed E-state index contributed by atoms with van der Waals surface area (Å²) in [7, 11) is 1.51. The van der Waals surface area contributed by atoms with Crippen LogP contribution >= 0.6 is 22.9 Å². The summed E-state index contributed by atoms with van der Waals surface area (Å²) in [4.78, 5) is 19.0. The van der Waals surface area contributed by atoms with E-state index < -0.39 is 11.5 Å². The number of hydrogen-bond donors (Lipinski definition) is 1. The second-order valence-electron chi connectivity index (χ2n) is 8.45. The van der Waals surface area contributed by atoms with E-state index in [0.29, 0.717) is 27.7 Å². The number of rotatable bonds is 4. The van der Waals surface area contributed by atoms with E-state index in [1.54, 1.807) is 18.2 Å². The number of ether oxygens (including phenoxy) is 1. The van der Waals surface area contributed by atoms with E-state index in [1.807, 2.05) is 10.8 Å². The molecule has 7 heteroatoms. The first-order valence-corrected chi connectivity index (χ1v) is 10.7. The highest BCUT2D eigenvalue weighted by atomic mass is 35.5. The van der Waals surface area contributed by atoms with Crippen LogP contribution in [0.15, 0.2) is 29.4 Å². The molecule has 1 N–H and O–H groups in total. The van der Waals surface area contributed by atoms with Gasteiger partial charge in [-0.15, -0.1) is 11.3 Å². The molecule has 0 saturated heterocycles. The van der Waals surface area contributed by atoms with Gasteiger partial charge in [-0.1, -0.05) is 45.2 Å². The molecule has 3 rings (SSSR count). The first-order valence-electron chi connectivity index (χ1n) is 9.47. The van der Waals surface area contributed by atoms with Gasteiger partial charge in [-0.3, -0.25) is 4.79 Å². The van der Waals surface area contributed by atoms with Gasteiger partial charge in [0.2, 0.25) is 0 Å².